The molecule has 0 saturated carbocycles. The summed E-state index contributed by atoms with van der Waals surface area (Å²) in [5, 5.41) is 0.374. The van der Waals surface area contributed by atoms with E-state index in [2.05, 4.69) is 15.9 Å². The van der Waals surface area contributed by atoms with E-state index in [9.17, 15) is 4.39 Å². The monoisotopic (exact) mass is 357 g/mol. The van der Waals surface area contributed by atoms with Gasteiger partial charge in [0.2, 0.25) is 0 Å². The molecular formula is C15H14BrClFNO. The summed E-state index contributed by atoms with van der Waals surface area (Å²) in [6, 6.07) is 10.3. The van der Waals surface area contributed by atoms with Gasteiger partial charge in [0.05, 0.1) is 4.47 Å². The maximum Gasteiger partial charge on any atom is 0.134 e. The summed E-state index contributed by atoms with van der Waals surface area (Å²) < 4.78 is 20.1. The summed E-state index contributed by atoms with van der Waals surface area (Å²) in [7, 11) is 0. The topological polar surface area (TPSA) is 35.2 Å². The average Bonchev–Trinajstić information content (AvgIpc) is 2.40. The minimum atomic E-state index is -0.367. The minimum Gasteiger partial charge on any atom is -0.488 e. The van der Waals surface area contributed by atoms with Crippen molar-refractivity contribution in [1.29, 1.82) is 0 Å². The minimum absolute atomic E-state index is 0.151. The fourth-order valence-electron chi connectivity index (χ4n) is 1.78. The van der Waals surface area contributed by atoms with Crippen LogP contribution in [0.1, 0.15) is 11.1 Å². The molecular weight excluding hydrogens is 345 g/mol. The first-order valence-electron chi connectivity index (χ1n) is 6.15. The molecule has 0 unspecified atom stereocenters. The Kier molecular flexibility index (Phi) is 5.40. The van der Waals surface area contributed by atoms with E-state index in [4.69, 9.17) is 22.1 Å². The predicted octanol–water partition coefficient (Wildman–Crippen LogP) is 4.32. The van der Waals surface area contributed by atoms with Gasteiger partial charge in [0.15, 0.2) is 0 Å². The largest absolute Gasteiger partial charge is 0.488 e. The van der Waals surface area contributed by atoms with Gasteiger partial charge in [-0.15, -0.1) is 0 Å². The quantitative estimate of drug-likeness (QED) is 0.864. The number of benzene rings is 2. The standard InChI is InChI=1S/C15H14BrClFNO/c16-13-7-10(5-6-19)1-4-15(13)20-9-11-2-3-12(17)8-14(11)18/h1-4,7-8H,5-6,9,19H2. The second-order valence-electron chi connectivity index (χ2n) is 4.33. The molecule has 0 aliphatic heterocycles. The molecule has 5 heteroatoms. The van der Waals surface area contributed by atoms with Crippen LogP contribution in [0.3, 0.4) is 0 Å². The van der Waals surface area contributed by atoms with Gasteiger partial charge in [-0.25, -0.2) is 4.39 Å². The second-order valence-corrected chi connectivity index (χ2v) is 5.62. The lowest BCUT2D eigenvalue weighted by atomic mass is 10.1. The molecule has 2 aromatic carbocycles. The van der Waals surface area contributed by atoms with E-state index in [1.165, 1.54) is 6.07 Å². The summed E-state index contributed by atoms with van der Waals surface area (Å²) in [6.45, 7) is 0.750. The third kappa shape index (κ3) is 3.95. The fourth-order valence-corrected chi connectivity index (χ4v) is 2.48. The summed E-state index contributed by atoms with van der Waals surface area (Å²) in [6.07, 6.45) is 0.810. The van der Waals surface area contributed by atoms with Crippen LogP contribution >= 0.6 is 27.5 Å². The number of hydrogen-bond acceptors (Lipinski definition) is 2. The molecule has 0 heterocycles. The highest BCUT2D eigenvalue weighted by atomic mass is 79.9. The lowest BCUT2D eigenvalue weighted by molar-refractivity contribution is 0.298. The van der Waals surface area contributed by atoms with E-state index in [0.29, 0.717) is 22.9 Å². The summed E-state index contributed by atoms with van der Waals surface area (Å²) in [5.41, 5.74) is 7.11. The Balaban J connectivity index is 2.07. The Labute approximate surface area is 130 Å². The van der Waals surface area contributed by atoms with E-state index in [1.807, 2.05) is 18.2 Å². The third-order valence-electron chi connectivity index (χ3n) is 2.83. The Hall–Kier alpha value is -1.10. The van der Waals surface area contributed by atoms with Crippen LogP contribution in [-0.4, -0.2) is 6.54 Å². The number of hydrogen-bond donors (Lipinski definition) is 1. The Morgan fingerprint density at radius 2 is 2.00 bits per heavy atom. The van der Waals surface area contributed by atoms with Crippen LogP contribution in [0, 0.1) is 5.82 Å². The first-order valence-corrected chi connectivity index (χ1v) is 7.32. The van der Waals surface area contributed by atoms with Crippen molar-refractivity contribution in [3.05, 3.63) is 62.8 Å². The van der Waals surface area contributed by atoms with Crippen LogP contribution in [0.25, 0.3) is 0 Å². The Morgan fingerprint density at radius 3 is 2.65 bits per heavy atom. The molecule has 2 nitrogen and oxygen atoms in total. The Morgan fingerprint density at radius 1 is 1.20 bits per heavy atom. The van der Waals surface area contributed by atoms with E-state index in [1.54, 1.807) is 12.1 Å². The molecule has 0 saturated heterocycles. The van der Waals surface area contributed by atoms with E-state index in [-0.39, 0.29) is 12.4 Å². The molecule has 2 rings (SSSR count). The SMILES string of the molecule is NCCc1ccc(OCc2ccc(Cl)cc2F)c(Br)c1. The molecule has 0 radical (unpaired) electrons. The molecule has 106 valence electrons. The van der Waals surface area contributed by atoms with Gasteiger partial charge in [0.25, 0.3) is 0 Å². The van der Waals surface area contributed by atoms with Crippen molar-refractivity contribution in [3.63, 3.8) is 0 Å². The molecule has 0 amide bonds. The van der Waals surface area contributed by atoms with Gasteiger partial charge in [0, 0.05) is 10.6 Å². The number of halogens is 3. The number of nitrogens with two attached hydrogens (primary N) is 1. The zero-order valence-corrected chi connectivity index (χ0v) is 13.0. The maximum absolute atomic E-state index is 13.6. The third-order valence-corrected chi connectivity index (χ3v) is 3.68. The lowest BCUT2D eigenvalue weighted by Crippen LogP contribution is -2.03. The van der Waals surface area contributed by atoms with Gasteiger partial charge in [-0.05, 0) is 58.7 Å². The van der Waals surface area contributed by atoms with Gasteiger partial charge in [-0.2, -0.15) is 0 Å². The van der Waals surface area contributed by atoms with Crippen LogP contribution in [0.2, 0.25) is 5.02 Å². The van der Waals surface area contributed by atoms with Crippen molar-refractivity contribution in [2.24, 2.45) is 5.73 Å². The first-order chi connectivity index (χ1) is 9.60. The molecule has 2 aromatic rings. The highest BCUT2D eigenvalue weighted by Crippen LogP contribution is 2.27. The molecule has 20 heavy (non-hydrogen) atoms. The maximum atomic E-state index is 13.6. The van der Waals surface area contributed by atoms with Crippen LogP contribution in [0.4, 0.5) is 4.39 Å². The van der Waals surface area contributed by atoms with Crippen molar-refractivity contribution in [2.75, 3.05) is 6.54 Å². The van der Waals surface area contributed by atoms with Crippen LogP contribution in [-0.2, 0) is 13.0 Å². The van der Waals surface area contributed by atoms with Crippen molar-refractivity contribution in [1.82, 2.24) is 0 Å². The second kappa shape index (κ2) is 7.07. The first kappa shape index (κ1) is 15.3. The average molecular weight is 359 g/mol. The van der Waals surface area contributed by atoms with Gasteiger partial charge in [-0.1, -0.05) is 23.7 Å². The zero-order chi connectivity index (χ0) is 14.5. The highest BCUT2D eigenvalue weighted by molar-refractivity contribution is 9.10. The molecule has 0 spiro atoms. The van der Waals surface area contributed by atoms with Gasteiger partial charge >= 0.3 is 0 Å². The molecule has 0 aliphatic rings. The van der Waals surface area contributed by atoms with Crippen molar-refractivity contribution in [3.8, 4) is 5.75 Å². The lowest BCUT2D eigenvalue weighted by Gasteiger charge is -2.10. The van der Waals surface area contributed by atoms with Crippen molar-refractivity contribution < 1.29 is 9.13 Å². The van der Waals surface area contributed by atoms with E-state index >= 15 is 0 Å². The molecule has 2 N–H and O–H groups in total. The van der Waals surface area contributed by atoms with Crippen LogP contribution in [0.5, 0.6) is 5.75 Å². The number of rotatable bonds is 5. The predicted molar refractivity (Wildman–Crippen MR) is 82.6 cm³/mol. The molecule has 0 bridgehead atoms. The van der Waals surface area contributed by atoms with Gasteiger partial charge < -0.3 is 10.5 Å². The zero-order valence-electron chi connectivity index (χ0n) is 10.7. The normalized spacial score (nSPS) is 10.6. The van der Waals surface area contributed by atoms with Crippen molar-refractivity contribution in [2.45, 2.75) is 13.0 Å². The summed E-state index contributed by atoms with van der Waals surface area (Å²) in [4.78, 5) is 0. The smallest absolute Gasteiger partial charge is 0.134 e. The van der Waals surface area contributed by atoms with E-state index in [0.717, 1.165) is 16.5 Å². The fraction of sp³-hybridized carbons (Fsp3) is 0.200. The van der Waals surface area contributed by atoms with Crippen molar-refractivity contribution >= 4 is 27.5 Å². The molecule has 0 aliphatic carbocycles. The van der Waals surface area contributed by atoms with Crippen LogP contribution < -0.4 is 10.5 Å². The Bertz CT molecular complexity index is 606. The van der Waals surface area contributed by atoms with Gasteiger partial charge in [-0.3, -0.25) is 0 Å². The number of ether oxygens (including phenoxy) is 1. The molecule has 0 aromatic heterocycles. The highest BCUT2D eigenvalue weighted by Gasteiger charge is 2.06. The molecule has 0 atom stereocenters. The summed E-state index contributed by atoms with van der Waals surface area (Å²) in [5.74, 6) is 0.300. The van der Waals surface area contributed by atoms with Gasteiger partial charge in [0.1, 0.15) is 18.2 Å². The molecule has 0 fully saturated rings. The van der Waals surface area contributed by atoms with Crippen LogP contribution in [0.15, 0.2) is 40.9 Å². The van der Waals surface area contributed by atoms with E-state index < -0.39 is 0 Å². The summed E-state index contributed by atoms with van der Waals surface area (Å²) >= 11 is 9.15.